The predicted molar refractivity (Wildman–Crippen MR) is 62.7 cm³/mol. The maximum atomic E-state index is 11.5. The second kappa shape index (κ2) is 5.50. The molecule has 1 amide bonds. The van der Waals surface area contributed by atoms with Gasteiger partial charge in [0.1, 0.15) is 0 Å². The van der Waals surface area contributed by atoms with E-state index in [9.17, 15) is 4.79 Å². The first kappa shape index (κ1) is 12.5. The molecule has 1 fully saturated rings. The Balaban J connectivity index is 2.08. The monoisotopic (exact) mass is 212 g/mol. The molecule has 1 rings (SSSR count). The van der Waals surface area contributed by atoms with Gasteiger partial charge in [-0.2, -0.15) is 0 Å². The van der Waals surface area contributed by atoms with Crippen LogP contribution >= 0.6 is 0 Å². The van der Waals surface area contributed by atoms with Gasteiger partial charge in [0.05, 0.1) is 6.04 Å². The van der Waals surface area contributed by atoms with Crippen LogP contribution in [0, 0.1) is 5.92 Å². The SMILES string of the molecule is CC(C)CCC(=O)NC1CN(C(C)C)C1. The lowest BCUT2D eigenvalue weighted by Gasteiger charge is -2.42. The van der Waals surface area contributed by atoms with Gasteiger partial charge in [0.2, 0.25) is 5.91 Å². The van der Waals surface area contributed by atoms with Crippen molar-refractivity contribution in [2.24, 2.45) is 5.92 Å². The van der Waals surface area contributed by atoms with Crippen molar-refractivity contribution >= 4 is 5.91 Å². The van der Waals surface area contributed by atoms with Crippen molar-refractivity contribution in [1.82, 2.24) is 10.2 Å². The molecule has 1 aliphatic heterocycles. The lowest BCUT2D eigenvalue weighted by molar-refractivity contribution is -0.123. The summed E-state index contributed by atoms with van der Waals surface area (Å²) in [7, 11) is 0. The quantitative estimate of drug-likeness (QED) is 0.751. The molecule has 0 aromatic heterocycles. The van der Waals surface area contributed by atoms with Crippen LogP contribution in [-0.2, 0) is 4.79 Å². The molecule has 0 aliphatic carbocycles. The molecule has 0 unspecified atom stereocenters. The van der Waals surface area contributed by atoms with Gasteiger partial charge < -0.3 is 5.32 Å². The standard InChI is InChI=1S/C12H24N2O/c1-9(2)5-6-12(15)13-11-7-14(8-11)10(3)4/h9-11H,5-8H2,1-4H3,(H,13,15). The van der Waals surface area contributed by atoms with Crippen LogP contribution in [0.2, 0.25) is 0 Å². The molecule has 0 bridgehead atoms. The second-order valence-electron chi connectivity index (χ2n) is 5.24. The molecule has 3 nitrogen and oxygen atoms in total. The van der Waals surface area contributed by atoms with Gasteiger partial charge in [0.15, 0.2) is 0 Å². The number of amides is 1. The minimum atomic E-state index is 0.220. The van der Waals surface area contributed by atoms with Crippen molar-refractivity contribution in [3.05, 3.63) is 0 Å². The third-order valence-corrected chi connectivity index (χ3v) is 2.95. The number of nitrogens with one attached hydrogen (secondary N) is 1. The third-order valence-electron chi connectivity index (χ3n) is 2.95. The Morgan fingerprint density at radius 2 is 1.93 bits per heavy atom. The molecule has 15 heavy (non-hydrogen) atoms. The molecule has 0 aromatic carbocycles. The third kappa shape index (κ3) is 4.20. The molecule has 1 saturated heterocycles. The van der Waals surface area contributed by atoms with Crippen molar-refractivity contribution in [1.29, 1.82) is 0 Å². The fourth-order valence-corrected chi connectivity index (χ4v) is 1.75. The summed E-state index contributed by atoms with van der Waals surface area (Å²) >= 11 is 0. The van der Waals surface area contributed by atoms with E-state index >= 15 is 0 Å². The van der Waals surface area contributed by atoms with Crippen molar-refractivity contribution in [3.8, 4) is 0 Å². The maximum Gasteiger partial charge on any atom is 0.220 e. The Morgan fingerprint density at radius 1 is 1.33 bits per heavy atom. The van der Waals surface area contributed by atoms with E-state index in [1.807, 2.05) is 0 Å². The molecule has 0 aromatic rings. The highest BCUT2D eigenvalue weighted by Crippen LogP contribution is 2.12. The maximum absolute atomic E-state index is 11.5. The number of rotatable bonds is 5. The van der Waals surface area contributed by atoms with Crippen molar-refractivity contribution < 1.29 is 4.79 Å². The molecule has 1 aliphatic rings. The molecular weight excluding hydrogens is 188 g/mol. The Hall–Kier alpha value is -0.570. The Bertz CT molecular complexity index is 208. The zero-order valence-corrected chi connectivity index (χ0v) is 10.4. The highest BCUT2D eigenvalue weighted by molar-refractivity contribution is 5.76. The fraction of sp³-hybridized carbons (Fsp3) is 0.917. The van der Waals surface area contributed by atoms with Gasteiger partial charge in [-0.25, -0.2) is 0 Å². The van der Waals surface area contributed by atoms with Crippen molar-refractivity contribution in [2.75, 3.05) is 13.1 Å². The molecule has 3 heteroatoms. The highest BCUT2D eigenvalue weighted by Gasteiger charge is 2.29. The zero-order valence-electron chi connectivity index (χ0n) is 10.4. The van der Waals surface area contributed by atoms with E-state index in [1.165, 1.54) is 0 Å². The van der Waals surface area contributed by atoms with Crippen LogP contribution in [0.25, 0.3) is 0 Å². The van der Waals surface area contributed by atoms with E-state index in [0.29, 0.717) is 24.4 Å². The van der Waals surface area contributed by atoms with Gasteiger partial charge in [0.25, 0.3) is 0 Å². The minimum Gasteiger partial charge on any atom is -0.351 e. The van der Waals surface area contributed by atoms with Crippen LogP contribution in [0.1, 0.15) is 40.5 Å². The predicted octanol–water partition coefficient (Wildman–Crippen LogP) is 1.63. The first-order valence-electron chi connectivity index (χ1n) is 6.02. The Labute approximate surface area is 93.2 Å². The number of carbonyl (C=O) groups excluding carboxylic acids is 1. The first-order valence-corrected chi connectivity index (χ1v) is 6.02. The molecule has 0 atom stereocenters. The average molecular weight is 212 g/mol. The van der Waals surface area contributed by atoms with E-state index in [0.717, 1.165) is 19.5 Å². The van der Waals surface area contributed by atoms with Crippen LogP contribution in [0.4, 0.5) is 0 Å². The summed E-state index contributed by atoms with van der Waals surface area (Å²) in [5.41, 5.74) is 0. The van der Waals surface area contributed by atoms with E-state index < -0.39 is 0 Å². The number of likely N-dealkylation sites (tertiary alicyclic amines) is 1. The summed E-state index contributed by atoms with van der Waals surface area (Å²) in [6, 6.07) is 1.00. The van der Waals surface area contributed by atoms with Crippen LogP contribution in [-0.4, -0.2) is 36.0 Å². The average Bonchev–Trinajstić information content (AvgIpc) is 2.06. The zero-order chi connectivity index (χ0) is 11.4. The van der Waals surface area contributed by atoms with E-state index in [-0.39, 0.29) is 5.91 Å². The van der Waals surface area contributed by atoms with Crippen LogP contribution < -0.4 is 5.32 Å². The van der Waals surface area contributed by atoms with E-state index in [2.05, 4.69) is 37.9 Å². The van der Waals surface area contributed by atoms with Crippen LogP contribution in [0.5, 0.6) is 0 Å². The lowest BCUT2D eigenvalue weighted by Crippen LogP contribution is -2.61. The summed E-state index contributed by atoms with van der Waals surface area (Å²) in [5.74, 6) is 0.835. The van der Waals surface area contributed by atoms with Crippen molar-refractivity contribution in [3.63, 3.8) is 0 Å². The first-order chi connectivity index (χ1) is 6.99. The van der Waals surface area contributed by atoms with Gasteiger partial charge in [-0.15, -0.1) is 0 Å². The Morgan fingerprint density at radius 3 is 2.40 bits per heavy atom. The van der Waals surface area contributed by atoms with Crippen molar-refractivity contribution in [2.45, 2.75) is 52.6 Å². The summed E-state index contributed by atoms with van der Waals surface area (Å²) in [6.07, 6.45) is 1.67. The number of nitrogens with zero attached hydrogens (tertiary/aromatic N) is 1. The summed E-state index contributed by atoms with van der Waals surface area (Å²) in [4.78, 5) is 13.9. The number of carbonyl (C=O) groups is 1. The number of hydrogen-bond acceptors (Lipinski definition) is 2. The molecule has 1 heterocycles. The Kier molecular flexibility index (Phi) is 4.58. The fourth-order valence-electron chi connectivity index (χ4n) is 1.75. The summed E-state index contributed by atoms with van der Waals surface area (Å²) in [6.45, 7) is 10.7. The molecular formula is C12H24N2O. The summed E-state index contributed by atoms with van der Waals surface area (Å²) < 4.78 is 0. The lowest BCUT2D eigenvalue weighted by atomic mass is 10.0. The highest BCUT2D eigenvalue weighted by atomic mass is 16.1. The van der Waals surface area contributed by atoms with Crippen LogP contribution in [0.3, 0.4) is 0 Å². The molecule has 0 spiro atoms. The van der Waals surface area contributed by atoms with Gasteiger partial charge in [-0.3, -0.25) is 9.69 Å². The normalized spacial score (nSPS) is 18.3. The number of hydrogen-bond donors (Lipinski definition) is 1. The molecule has 0 saturated carbocycles. The summed E-state index contributed by atoms with van der Waals surface area (Å²) in [5, 5.41) is 3.08. The van der Waals surface area contributed by atoms with E-state index in [4.69, 9.17) is 0 Å². The second-order valence-corrected chi connectivity index (χ2v) is 5.24. The molecule has 0 radical (unpaired) electrons. The minimum absolute atomic E-state index is 0.220. The van der Waals surface area contributed by atoms with Gasteiger partial charge >= 0.3 is 0 Å². The van der Waals surface area contributed by atoms with Gasteiger partial charge in [-0.1, -0.05) is 13.8 Å². The molecule has 1 N–H and O–H groups in total. The topological polar surface area (TPSA) is 32.3 Å². The van der Waals surface area contributed by atoms with Crippen LogP contribution in [0.15, 0.2) is 0 Å². The van der Waals surface area contributed by atoms with E-state index in [1.54, 1.807) is 0 Å². The van der Waals surface area contributed by atoms with Gasteiger partial charge in [0, 0.05) is 25.6 Å². The molecule has 88 valence electrons. The smallest absolute Gasteiger partial charge is 0.220 e. The van der Waals surface area contributed by atoms with Gasteiger partial charge in [-0.05, 0) is 26.2 Å². The largest absolute Gasteiger partial charge is 0.351 e.